The minimum Gasteiger partial charge on any atom is -0.396 e. The van der Waals surface area contributed by atoms with Crippen molar-refractivity contribution in [3.8, 4) is 0 Å². The lowest BCUT2D eigenvalue weighted by Gasteiger charge is -2.14. The predicted octanol–water partition coefficient (Wildman–Crippen LogP) is 3.65. The molecule has 0 fully saturated rings. The van der Waals surface area contributed by atoms with Gasteiger partial charge in [0.1, 0.15) is 0 Å². The van der Waals surface area contributed by atoms with Crippen LogP contribution in [-0.2, 0) is 13.5 Å². The molecule has 3 nitrogen and oxygen atoms in total. The molecule has 3 aromatic rings. The van der Waals surface area contributed by atoms with Gasteiger partial charge in [-0.25, -0.2) is 0 Å². The number of hydrogen-bond donors (Lipinski definition) is 1. The Balaban J connectivity index is 1.96. The minimum atomic E-state index is 0.0563. The van der Waals surface area contributed by atoms with E-state index in [0.717, 1.165) is 33.1 Å². The first-order valence-electron chi connectivity index (χ1n) is 6.96. The maximum Gasteiger partial charge on any atom is 0.0710 e. The summed E-state index contributed by atoms with van der Waals surface area (Å²) in [4.78, 5) is 0. The van der Waals surface area contributed by atoms with Crippen LogP contribution in [0.1, 0.15) is 17.2 Å². The highest BCUT2D eigenvalue weighted by atomic mass is 79.9. The monoisotopic (exact) mass is 344 g/mol. The third kappa shape index (κ3) is 2.87. The molecule has 0 aliphatic rings. The van der Waals surface area contributed by atoms with Gasteiger partial charge in [-0.2, -0.15) is 5.10 Å². The van der Waals surface area contributed by atoms with E-state index in [9.17, 15) is 5.11 Å². The number of benzene rings is 2. The molecule has 0 saturated heterocycles. The molecule has 0 bridgehead atoms. The molecule has 0 amide bonds. The first-order chi connectivity index (χ1) is 10.2. The Morgan fingerprint density at radius 1 is 1.19 bits per heavy atom. The van der Waals surface area contributed by atoms with Crippen LogP contribution < -0.4 is 0 Å². The van der Waals surface area contributed by atoms with Crippen molar-refractivity contribution in [2.24, 2.45) is 7.05 Å². The van der Waals surface area contributed by atoms with E-state index in [1.165, 1.54) is 0 Å². The highest BCUT2D eigenvalue weighted by Crippen LogP contribution is 2.26. The summed E-state index contributed by atoms with van der Waals surface area (Å²) in [6.45, 7) is 0.112. The van der Waals surface area contributed by atoms with Gasteiger partial charge in [0.05, 0.1) is 17.8 Å². The maximum atomic E-state index is 9.76. The fourth-order valence-electron chi connectivity index (χ4n) is 2.72. The van der Waals surface area contributed by atoms with Crippen molar-refractivity contribution < 1.29 is 5.11 Å². The smallest absolute Gasteiger partial charge is 0.0710 e. The molecule has 0 radical (unpaired) electrons. The lowest BCUT2D eigenvalue weighted by molar-refractivity contribution is 0.264. The van der Waals surface area contributed by atoms with Gasteiger partial charge in [-0.05, 0) is 23.8 Å². The van der Waals surface area contributed by atoms with Gasteiger partial charge in [0, 0.05) is 29.2 Å². The van der Waals surface area contributed by atoms with E-state index < -0.39 is 0 Å². The van der Waals surface area contributed by atoms with E-state index in [2.05, 4.69) is 45.3 Å². The molecule has 2 aromatic carbocycles. The van der Waals surface area contributed by atoms with Gasteiger partial charge >= 0.3 is 0 Å². The van der Waals surface area contributed by atoms with Crippen molar-refractivity contribution in [2.45, 2.75) is 12.3 Å². The Hall–Kier alpha value is -1.65. The SMILES string of the molecule is Cn1nc(CC(CO)c2cccc(Br)c2)c2ccccc21. The van der Waals surface area contributed by atoms with E-state index in [-0.39, 0.29) is 12.5 Å². The van der Waals surface area contributed by atoms with Crippen LogP contribution in [0, 0.1) is 0 Å². The number of hydrogen-bond acceptors (Lipinski definition) is 2. The first kappa shape index (κ1) is 14.3. The van der Waals surface area contributed by atoms with Crippen molar-refractivity contribution in [3.05, 3.63) is 64.3 Å². The molecule has 108 valence electrons. The van der Waals surface area contributed by atoms with Gasteiger partial charge in [-0.1, -0.05) is 46.3 Å². The molecular formula is C17H17BrN2O. The van der Waals surface area contributed by atoms with Crippen molar-refractivity contribution in [2.75, 3.05) is 6.61 Å². The van der Waals surface area contributed by atoms with E-state index in [1.54, 1.807) is 0 Å². The number of rotatable bonds is 4. The molecule has 1 N–H and O–H groups in total. The predicted molar refractivity (Wildman–Crippen MR) is 88.4 cm³/mol. The molecule has 0 spiro atoms. The van der Waals surface area contributed by atoms with Crippen LogP contribution in [0.4, 0.5) is 0 Å². The molecule has 1 unspecified atom stereocenters. The third-order valence-electron chi connectivity index (χ3n) is 3.81. The van der Waals surface area contributed by atoms with Crippen LogP contribution in [-0.4, -0.2) is 21.5 Å². The van der Waals surface area contributed by atoms with Crippen LogP contribution in [0.15, 0.2) is 53.0 Å². The molecule has 0 aliphatic heterocycles. The Morgan fingerprint density at radius 3 is 2.76 bits per heavy atom. The van der Waals surface area contributed by atoms with Crippen LogP contribution in [0.5, 0.6) is 0 Å². The number of para-hydroxylation sites is 1. The van der Waals surface area contributed by atoms with Crippen molar-refractivity contribution in [3.63, 3.8) is 0 Å². The number of fused-ring (bicyclic) bond motifs is 1. The second-order valence-corrected chi connectivity index (χ2v) is 6.14. The fourth-order valence-corrected chi connectivity index (χ4v) is 3.14. The van der Waals surface area contributed by atoms with Crippen molar-refractivity contribution in [1.82, 2.24) is 9.78 Å². The van der Waals surface area contributed by atoms with E-state index >= 15 is 0 Å². The van der Waals surface area contributed by atoms with Gasteiger partial charge in [0.2, 0.25) is 0 Å². The molecule has 1 heterocycles. The highest BCUT2D eigenvalue weighted by Gasteiger charge is 2.16. The Labute approximate surface area is 132 Å². The summed E-state index contributed by atoms with van der Waals surface area (Å²) in [5.74, 6) is 0.0563. The Bertz CT molecular complexity index is 766. The van der Waals surface area contributed by atoms with Crippen LogP contribution in [0.2, 0.25) is 0 Å². The molecule has 1 atom stereocenters. The second-order valence-electron chi connectivity index (χ2n) is 5.23. The van der Waals surface area contributed by atoms with E-state index in [0.29, 0.717) is 0 Å². The number of aliphatic hydroxyl groups excluding tert-OH is 1. The summed E-state index contributed by atoms with van der Waals surface area (Å²) in [6, 6.07) is 16.3. The maximum absolute atomic E-state index is 9.76. The first-order valence-corrected chi connectivity index (χ1v) is 7.75. The number of halogens is 1. The third-order valence-corrected chi connectivity index (χ3v) is 4.31. The number of aryl methyl sites for hydroxylation is 1. The standard InChI is InChI=1S/C17H17BrN2O/c1-20-17-8-3-2-7-15(17)16(19-20)10-13(11-21)12-5-4-6-14(18)9-12/h2-9,13,21H,10-11H2,1H3. The number of nitrogens with zero attached hydrogens (tertiary/aromatic N) is 2. The number of aliphatic hydroxyl groups is 1. The Kier molecular flexibility index (Phi) is 4.08. The summed E-state index contributed by atoms with van der Waals surface area (Å²) in [7, 11) is 1.96. The average Bonchev–Trinajstić information content (AvgIpc) is 2.82. The average molecular weight is 345 g/mol. The van der Waals surface area contributed by atoms with Crippen molar-refractivity contribution in [1.29, 1.82) is 0 Å². The van der Waals surface area contributed by atoms with Crippen LogP contribution >= 0.6 is 15.9 Å². The van der Waals surface area contributed by atoms with E-state index in [1.807, 2.05) is 36.0 Å². The summed E-state index contributed by atoms with van der Waals surface area (Å²) in [5, 5.41) is 15.5. The van der Waals surface area contributed by atoms with Gasteiger partial charge in [0.15, 0.2) is 0 Å². The topological polar surface area (TPSA) is 38.0 Å². The summed E-state index contributed by atoms with van der Waals surface area (Å²) in [5.41, 5.74) is 3.28. The van der Waals surface area contributed by atoms with Crippen LogP contribution in [0.3, 0.4) is 0 Å². The zero-order valence-electron chi connectivity index (χ0n) is 11.8. The molecule has 1 aromatic heterocycles. The molecular weight excluding hydrogens is 328 g/mol. The molecule has 0 aliphatic carbocycles. The zero-order chi connectivity index (χ0) is 14.8. The minimum absolute atomic E-state index is 0.0563. The quantitative estimate of drug-likeness (QED) is 0.784. The lowest BCUT2D eigenvalue weighted by atomic mass is 9.94. The van der Waals surface area contributed by atoms with Crippen molar-refractivity contribution >= 4 is 26.8 Å². The molecule has 3 rings (SSSR count). The normalized spacial score (nSPS) is 12.7. The summed E-state index contributed by atoms with van der Waals surface area (Å²) < 4.78 is 2.93. The molecule has 4 heteroatoms. The van der Waals surface area contributed by atoms with E-state index in [4.69, 9.17) is 0 Å². The fraction of sp³-hybridized carbons (Fsp3) is 0.235. The molecule has 21 heavy (non-hydrogen) atoms. The Morgan fingerprint density at radius 2 is 2.00 bits per heavy atom. The van der Waals surface area contributed by atoms with Gasteiger partial charge in [0.25, 0.3) is 0 Å². The van der Waals surface area contributed by atoms with Gasteiger partial charge < -0.3 is 5.11 Å². The second kappa shape index (κ2) is 6.00. The largest absolute Gasteiger partial charge is 0.396 e. The lowest BCUT2D eigenvalue weighted by Crippen LogP contribution is -2.08. The summed E-state index contributed by atoms with van der Waals surface area (Å²) in [6.07, 6.45) is 0.730. The number of aromatic nitrogens is 2. The summed E-state index contributed by atoms with van der Waals surface area (Å²) >= 11 is 3.49. The molecule has 0 saturated carbocycles. The van der Waals surface area contributed by atoms with Gasteiger partial charge in [-0.3, -0.25) is 4.68 Å². The zero-order valence-corrected chi connectivity index (χ0v) is 13.4. The highest BCUT2D eigenvalue weighted by molar-refractivity contribution is 9.10. The van der Waals surface area contributed by atoms with Gasteiger partial charge in [-0.15, -0.1) is 0 Å². The van der Waals surface area contributed by atoms with Crippen LogP contribution in [0.25, 0.3) is 10.9 Å².